The van der Waals surface area contributed by atoms with Gasteiger partial charge in [-0.1, -0.05) is 29.4 Å². The van der Waals surface area contributed by atoms with Crippen LogP contribution in [0.4, 0.5) is 22.1 Å². The lowest BCUT2D eigenvalue weighted by molar-refractivity contribution is -0.158. The molecule has 5 heterocycles. The molecule has 0 bridgehead atoms. The summed E-state index contributed by atoms with van der Waals surface area (Å²) in [7, 11) is -10.5. The molecule has 1 unspecified atom stereocenters. The number of phosphoric ester groups is 1. The fraction of sp³-hybridized carbons (Fsp3) is 0.433. The van der Waals surface area contributed by atoms with Crippen molar-refractivity contribution in [3.05, 3.63) is 75.7 Å². The van der Waals surface area contributed by atoms with E-state index in [2.05, 4.69) is 39.8 Å². The number of anilines is 2. The van der Waals surface area contributed by atoms with E-state index in [1.807, 2.05) is 0 Å². The molecule has 30 heteroatoms. The van der Waals surface area contributed by atoms with E-state index in [0.717, 1.165) is 18.6 Å². The second kappa shape index (κ2) is 17.9. The molecular weight excluding hydrogens is 846 g/mol. The maximum Gasteiger partial charge on any atom is 0.469 e. The number of nitrogens with zero attached hydrogens (tertiary/aromatic N) is 9. The van der Waals surface area contributed by atoms with Crippen molar-refractivity contribution in [3.63, 3.8) is 0 Å². The number of aromatic nitrogens is 6. The highest BCUT2D eigenvalue weighted by molar-refractivity contribution is 7.53. The van der Waals surface area contributed by atoms with Crippen LogP contribution in [-0.4, -0.2) is 121 Å². The van der Waals surface area contributed by atoms with Gasteiger partial charge in [-0.2, -0.15) is 4.98 Å². The lowest BCUT2D eigenvalue weighted by Crippen LogP contribution is -2.45. The van der Waals surface area contributed by atoms with Gasteiger partial charge in [-0.15, -0.1) is 0 Å². The summed E-state index contributed by atoms with van der Waals surface area (Å²) in [6.07, 6.45) is -9.97. The third-order valence-corrected chi connectivity index (χ3v) is 11.4. The van der Waals surface area contributed by atoms with Gasteiger partial charge in [-0.3, -0.25) is 18.2 Å². The number of carbonyl (C=O) groups excluding carboxylic acids is 2. The molecule has 1 aromatic carbocycles. The Morgan fingerprint density at radius 1 is 1.00 bits per heavy atom. The molecule has 2 aliphatic heterocycles. The smallest absolute Gasteiger partial charge is 0.455 e. The maximum atomic E-state index is 14.0. The molecule has 1 amide bonds. The minimum Gasteiger partial charge on any atom is -0.455 e. The van der Waals surface area contributed by atoms with Crippen molar-refractivity contribution in [1.82, 2.24) is 34.4 Å². The fourth-order valence-electron chi connectivity index (χ4n) is 6.21. The van der Waals surface area contributed by atoms with Crippen molar-refractivity contribution in [3.8, 4) is 0 Å². The summed E-state index contributed by atoms with van der Waals surface area (Å²) in [4.78, 5) is 86.7. The van der Waals surface area contributed by atoms with E-state index in [0.29, 0.717) is 15.8 Å². The Kier molecular flexibility index (Phi) is 13.1. The van der Waals surface area contributed by atoms with Crippen molar-refractivity contribution < 1.29 is 71.6 Å². The molecule has 0 radical (unpaired) electrons. The number of hydrogen-bond donors (Lipinski definition) is 8. The molecule has 0 spiro atoms. The number of benzene rings is 1. The summed E-state index contributed by atoms with van der Waals surface area (Å²) in [6.45, 7) is -1.07. The lowest BCUT2D eigenvalue weighted by atomic mass is 10.1. The Balaban J connectivity index is 1.20. The van der Waals surface area contributed by atoms with Crippen molar-refractivity contribution in [2.45, 2.75) is 68.2 Å². The summed E-state index contributed by atoms with van der Waals surface area (Å²) in [5, 5.41) is 28.5. The van der Waals surface area contributed by atoms with E-state index in [1.165, 1.54) is 42.1 Å². The van der Waals surface area contributed by atoms with Gasteiger partial charge in [0.15, 0.2) is 30.0 Å². The highest BCUT2D eigenvalue weighted by atomic mass is 31.2. The molecule has 2 aliphatic rings. The molecule has 3 aromatic heterocycles. The number of aliphatic hydroxyl groups is 2. The maximum absolute atomic E-state index is 14.0. The molecule has 4 aromatic rings. The first-order valence-electron chi connectivity index (χ1n) is 17.3. The van der Waals surface area contributed by atoms with Gasteiger partial charge in [0.25, 0.3) is 0 Å². The number of imidazole rings is 1. The number of nitrogens with two attached hydrogens (primary N) is 2. The molecule has 6 rings (SSSR count). The second-order valence-electron chi connectivity index (χ2n) is 13.1. The minimum atomic E-state index is -5.27. The predicted molar refractivity (Wildman–Crippen MR) is 198 cm³/mol. The number of amides is 1. The molecule has 322 valence electrons. The number of nitrogen functional groups attached to an aromatic ring is 2. The fourth-order valence-corrected chi connectivity index (χ4v) is 8.20. The zero-order valence-corrected chi connectivity index (χ0v) is 32.5. The van der Waals surface area contributed by atoms with Crippen LogP contribution in [-0.2, 0) is 48.5 Å². The van der Waals surface area contributed by atoms with Gasteiger partial charge in [-0.05, 0) is 24.1 Å². The van der Waals surface area contributed by atoms with Crippen molar-refractivity contribution in [1.29, 1.82) is 0 Å². The number of alkyl carbamates (subject to hydrolysis) is 1. The highest BCUT2D eigenvalue weighted by Gasteiger charge is 2.56. The Hall–Kier alpha value is -5.60. The molecule has 60 heavy (non-hydrogen) atoms. The Bertz CT molecular complexity index is 2430. The summed E-state index contributed by atoms with van der Waals surface area (Å²) in [6, 6.07) is 5.79. The molecule has 0 saturated carbocycles. The van der Waals surface area contributed by atoms with Crippen LogP contribution in [0.2, 0.25) is 0 Å². The average molecular weight is 883 g/mol. The first-order valence-corrected chi connectivity index (χ1v) is 20.4. The summed E-state index contributed by atoms with van der Waals surface area (Å²) in [5.41, 5.74) is 17.9. The number of hydrogen-bond acceptors (Lipinski definition) is 20. The van der Waals surface area contributed by atoms with Gasteiger partial charge in [-0.25, -0.2) is 33.9 Å². The number of phosphoric acid groups is 1. The van der Waals surface area contributed by atoms with Gasteiger partial charge in [0.1, 0.15) is 60.4 Å². The molecular formula is C30H36N12O16P2. The number of azide groups is 1. The highest BCUT2D eigenvalue weighted by Crippen LogP contribution is 2.56. The van der Waals surface area contributed by atoms with Crippen LogP contribution in [0.25, 0.3) is 21.6 Å². The number of carbonyl (C=O) groups is 2. The van der Waals surface area contributed by atoms with Gasteiger partial charge in [0, 0.05) is 16.8 Å². The van der Waals surface area contributed by atoms with E-state index in [4.69, 9.17) is 40.5 Å². The lowest BCUT2D eigenvalue weighted by Gasteiger charge is -2.27. The molecule has 0 aliphatic carbocycles. The number of fused-ring (bicyclic) bond motifs is 1. The van der Waals surface area contributed by atoms with Gasteiger partial charge >= 0.3 is 33.2 Å². The van der Waals surface area contributed by atoms with Gasteiger partial charge < -0.3 is 65.1 Å². The normalized spacial score (nSPS) is 25.6. The Morgan fingerprint density at radius 2 is 1.68 bits per heavy atom. The van der Waals surface area contributed by atoms with Crippen LogP contribution in [0.15, 0.2) is 59.1 Å². The topological polar surface area (TPSA) is 416 Å². The number of nitrogens with one attached hydrogen (secondary N) is 1. The number of aliphatic hydroxyl groups excluding tert-OH is 2. The first-order chi connectivity index (χ1) is 28.4. The number of rotatable bonds is 15. The summed E-state index contributed by atoms with van der Waals surface area (Å²) >= 11 is 0. The number of esters is 1. The third-order valence-electron chi connectivity index (χ3n) is 9.05. The van der Waals surface area contributed by atoms with E-state index >= 15 is 0 Å². The van der Waals surface area contributed by atoms with Crippen LogP contribution in [0.3, 0.4) is 0 Å². The largest absolute Gasteiger partial charge is 0.469 e. The zero-order valence-electron chi connectivity index (χ0n) is 30.7. The monoisotopic (exact) mass is 882 g/mol. The van der Waals surface area contributed by atoms with Crippen LogP contribution in [0.1, 0.15) is 24.9 Å². The molecule has 2 saturated heterocycles. The second-order valence-corrected chi connectivity index (χ2v) is 16.3. The summed E-state index contributed by atoms with van der Waals surface area (Å²) in [5.74, 6) is -1.38. The quantitative estimate of drug-likeness (QED) is 0.0248. The third kappa shape index (κ3) is 9.88. The van der Waals surface area contributed by atoms with E-state index in [-0.39, 0.29) is 29.4 Å². The average Bonchev–Trinajstić information content (AvgIpc) is 3.86. The summed E-state index contributed by atoms with van der Waals surface area (Å²) < 4.78 is 59.6. The zero-order chi connectivity index (χ0) is 43.5. The SMILES string of the molecule is C[C@@H](NC(=O)OCc1ccc(N=[N+]=[N-])cc1)C(=O)O[C@H]1[C@@H](O)[C@H](n2cnc3c(N)ncnc32)O[C@@H]1COP(=O)(O)[C@H]1[C@@H](O)[C@H](n2ccc(N)nc2=O)O[C@@H]1COP(=O)(O)O. The van der Waals surface area contributed by atoms with Crippen molar-refractivity contribution in [2.75, 3.05) is 24.7 Å². The van der Waals surface area contributed by atoms with Crippen LogP contribution >= 0.6 is 15.4 Å². The molecule has 2 fully saturated rings. The van der Waals surface area contributed by atoms with E-state index < -0.39 is 101 Å². The Morgan fingerprint density at radius 3 is 2.37 bits per heavy atom. The van der Waals surface area contributed by atoms with Crippen molar-refractivity contribution >= 4 is 56.0 Å². The van der Waals surface area contributed by atoms with Crippen LogP contribution < -0.4 is 22.5 Å². The standard InChI is InChI=1S/C30H36N12O16P2/c1-13(37-30(47)53-8-14-2-4-15(5-3-14)39-40-33)28(45)58-22-16(56-26(20(22)43)42-12-36-19-24(32)34-11-35-25(19)42)9-54-59(48,49)23-17(10-55-60(50,51)52)57-27(21(23)44)41-7-6-18(31)38-29(41)46/h2-7,11-13,16-17,20-23,26-27,43-44H,8-10H2,1H3,(H,37,47)(H,48,49)(H2,31,38,46)(H2,32,34,35)(H2,50,51,52)/t13-,16-,17-,20-,21-,22-,23-,26-,27-/m1/s1. The van der Waals surface area contributed by atoms with Crippen LogP contribution in [0, 0.1) is 0 Å². The van der Waals surface area contributed by atoms with E-state index in [9.17, 15) is 48.4 Å². The molecule has 10 atom stereocenters. The first kappa shape index (κ1) is 44.0. The molecule has 10 N–H and O–H groups in total. The van der Waals surface area contributed by atoms with E-state index in [1.54, 1.807) is 0 Å². The van der Waals surface area contributed by atoms with Gasteiger partial charge in [0.2, 0.25) is 0 Å². The van der Waals surface area contributed by atoms with Crippen molar-refractivity contribution in [2.24, 2.45) is 5.11 Å². The van der Waals surface area contributed by atoms with Gasteiger partial charge in [0.05, 0.1) is 19.5 Å². The number of ether oxygens (including phenoxy) is 4. The predicted octanol–water partition coefficient (Wildman–Crippen LogP) is -0.387. The van der Waals surface area contributed by atoms with Crippen LogP contribution in [0.5, 0.6) is 0 Å². The minimum absolute atomic E-state index is 0.0304. The molecule has 28 nitrogen and oxygen atoms in total. The Labute approximate surface area is 335 Å².